The topological polar surface area (TPSA) is 65.1 Å². The van der Waals surface area contributed by atoms with Crippen LogP contribution in [0.1, 0.15) is 25.5 Å². The first-order valence-electron chi connectivity index (χ1n) is 8.26. The fourth-order valence-corrected chi connectivity index (χ4v) is 5.10. The lowest BCUT2D eigenvalue weighted by Crippen LogP contribution is -2.06. The third-order valence-electron chi connectivity index (χ3n) is 4.46. The maximum absolute atomic E-state index is 13.3. The molecule has 0 aliphatic carbocycles. The van der Waals surface area contributed by atoms with Crippen LogP contribution in [0.2, 0.25) is 5.02 Å². The first-order chi connectivity index (χ1) is 11.9. The third-order valence-corrected chi connectivity index (χ3v) is 6.71. The van der Waals surface area contributed by atoms with Gasteiger partial charge in [-0.05, 0) is 37.6 Å². The van der Waals surface area contributed by atoms with Gasteiger partial charge >= 0.3 is 0 Å². The van der Waals surface area contributed by atoms with Crippen molar-refractivity contribution in [2.24, 2.45) is 0 Å². The average molecular weight is 377 g/mol. The molecule has 0 atom stereocenters. The zero-order valence-corrected chi connectivity index (χ0v) is 15.9. The van der Waals surface area contributed by atoms with Crippen LogP contribution in [0, 0.1) is 6.92 Å². The minimum absolute atomic E-state index is 0.160. The number of halogens is 1. The van der Waals surface area contributed by atoms with Gasteiger partial charge in [-0.3, -0.25) is 0 Å². The monoisotopic (exact) mass is 376 g/mol. The van der Waals surface area contributed by atoms with Crippen LogP contribution >= 0.6 is 11.6 Å². The van der Waals surface area contributed by atoms with E-state index in [0.29, 0.717) is 10.6 Å². The van der Waals surface area contributed by atoms with Crippen LogP contribution in [-0.4, -0.2) is 13.0 Å². The van der Waals surface area contributed by atoms with Gasteiger partial charge in [0.25, 0.3) is 0 Å². The van der Waals surface area contributed by atoms with Gasteiger partial charge in [-0.15, -0.1) is 0 Å². The van der Waals surface area contributed by atoms with E-state index in [1.165, 1.54) is 18.2 Å². The number of fused-ring (bicyclic) bond motifs is 1. The van der Waals surface area contributed by atoms with Crippen molar-refractivity contribution in [2.75, 3.05) is 5.73 Å². The maximum Gasteiger partial charge on any atom is 0.209 e. The summed E-state index contributed by atoms with van der Waals surface area (Å²) in [5.41, 5.74) is 7.77. The Morgan fingerprint density at radius 2 is 1.88 bits per heavy atom. The predicted octanol–water partition coefficient (Wildman–Crippen LogP) is 4.82. The summed E-state index contributed by atoms with van der Waals surface area (Å²) in [6, 6.07) is 12.1. The van der Waals surface area contributed by atoms with Crippen LogP contribution < -0.4 is 5.73 Å². The highest BCUT2D eigenvalue weighted by molar-refractivity contribution is 7.91. The molecule has 2 N–H and O–H groups in total. The molecule has 0 amide bonds. The molecular weight excluding hydrogens is 356 g/mol. The first kappa shape index (κ1) is 17.8. The molecule has 6 heteroatoms. The molecule has 3 aromatic rings. The lowest BCUT2D eigenvalue weighted by atomic mass is 10.2. The minimum Gasteiger partial charge on any atom is -0.398 e. The Hall–Kier alpha value is -1.98. The van der Waals surface area contributed by atoms with Crippen molar-refractivity contribution >= 4 is 38.0 Å². The van der Waals surface area contributed by atoms with Gasteiger partial charge in [0.15, 0.2) is 0 Å². The smallest absolute Gasteiger partial charge is 0.209 e. The van der Waals surface area contributed by atoms with Crippen LogP contribution in [0.25, 0.3) is 10.9 Å². The Bertz CT molecular complexity index is 1040. The van der Waals surface area contributed by atoms with Gasteiger partial charge in [-0.1, -0.05) is 43.1 Å². The van der Waals surface area contributed by atoms with Gasteiger partial charge in [0, 0.05) is 23.1 Å². The van der Waals surface area contributed by atoms with E-state index in [1.54, 1.807) is 0 Å². The molecule has 4 nitrogen and oxygen atoms in total. The second-order valence-corrected chi connectivity index (χ2v) is 8.42. The fraction of sp³-hybridized carbons (Fsp3) is 0.263. The molecule has 0 aliphatic heterocycles. The summed E-state index contributed by atoms with van der Waals surface area (Å²) in [4.78, 5) is 0.508. The van der Waals surface area contributed by atoms with Crippen LogP contribution in [0.3, 0.4) is 0 Å². The lowest BCUT2D eigenvalue weighted by Gasteiger charge is -2.09. The van der Waals surface area contributed by atoms with Crippen molar-refractivity contribution < 1.29 is 8.42 Å². The number of hydrogen-bond acceptors (Lipinski definition) is 3. The number of nitrogens with zero attached hydrogens (tertiary/aromatic N) is 1. The number of hydrogen-bond donors (Lipinski definition) is 1. The van der Waals surface area contributed by atoms with Gasteiger partial charge < -0.3 is 10.3 Å². The number of aryl methyl sites for hydroxylation is 1. The Balaban J connectivity index is 2.27. The number of anilines is 1. The standard InChI is InChI=1S/C19H21ClN2O2S/c1-3-4-11-22-13(2)19(15-7-5-6-8-18(15)22)25(23,24)14-9-10-17(21)16(20)12-14/h5-10,12H,3-4,11,21H2,1-2H3. The van der Waals surface area contributed by atoms with Crippen molar-refractivity contribution in [3.05, 3.63) is 53.2 Å². The summed E-state index contributed by atoms with van der Waals surface area (Å²) in [5.74, 6) is 0. The zero-order chi connectivity index (χ0) is 18.2. The SMILES string of the molecule is CCCCn1c(C)c(S(=O)(=O)c2ccc(N)c(Cl)c2)c2ccccc21. The summed E-state index contributed by atoms with van der Waals surface area (Å²) < 4.78 is 28.7. The third kappa shape index (κ3) is 3.02. The Kier molecular flexibility index (Phi) is 4.80. The van der Waals surface area contributed by atoms with E-state index in [-0.39, 0.29) is 9.92 Å². The van der Waals surface area contributed by atoms with Crippen molar-refractivity contribution in [1.82, 2.24) is 4.57 Å². The molecular formula is C19H21ClN2O2S. The number of aromatic nitrogens is 1. The van der Waals surface area contributed by atoms with Gasteiger partial charge in [0.05, 0.1) is 15.6 Å². The number of para-hydroxylation sites is 1. The Labute approximate surface area is 153 Å². The van der Waals surface area contributed by atoms with E-state index in [0.717, 1.165) is 36.0 Å². The van der Waals surface area contributed by atoms with Crippen molar-refractivity contribution in [1.29, 1.82) is 0 Å². The van der Waals surface area contributed by atoms with Crippen molar-refractivity contribution in [3.63, 3.8) is 0 Å². The molecule has 2 aromatic carbocycles. The van der Waals surface area contributed by atoms with Gasteiger partial charge in [0.1, 0.15) is 4.90 Å². The number of rotatable bonds is 5. The molecule has 0 saturated heterocycles. The summed E-state index contributed by atoms with van der Waals surface area (Å²) in [7, 11) is -3.70. The lowest BCUT2D eigenvalue weighted by molar-refractivity contribution is 0.592. The zero-order valence-electron chi connectivity index (χ0n) is 14.3. The largest absolute Gasteiger partial charge is 0.398 e. The first-order valence-corrected chi connectivity index (χ1v) is 10.1. The summed E-state index contributed by atoms with van der Waals surface area (Å²) >= 11 is 6.04. The summed E-state index contributed by atoms with van der Waals surface area (Å²) in [5, 5.41) is 0.984. The number of unbranched alkanes of at least 4 members (excludes halogenated alkanes) is 1. The van der Waals surface area contributed by atoms with E-state index >= 15 is 0 Å². The number of benzene rings is 2. The molecule has 0 fully saturated rings. The van der Waals surface area contributed by atoms with Gasteiger partial charge in [-0.2, -0.15) is 0 Å². The van der Waals surface area contributed by atoms with E-state index in [2.05, 4.69) is 11.5 Å². The quantitative estimate of drug-likeness (QED) is 0.649. The van der Waals surface area contributed by atoms with Crippen molar-refractivity contribution in [3.8, 4) is 0 Å². The van der Waals surface area contributed by atoms with Crippen molar-refractivity contribution in [2.45, 2.75) is 43.0 Å². The second kappa shape index (κ2) is 6.73. The molecule has 3 rings (SSSR count). The fourth-order valence-electron chi connectivity index (χ4n) is 3.14. The molecule has 1 heterocycles. The highest BCUT2D eigenvalue weighted by Gasteiger charge is 2.27. The van der Waals surface area contributed by atoms with E-state index in [4.69, 9.17) is 17.3 Å². The number of nitrogen functional groups attached to an aromatic ring is 1. The normalized spacial score (nSPS) is 12.0. The van der Waals surface area contributed by atoms with E-state index in [1.807, 2.05) is 31.2 Å². The van der Waals surface area contributed by atoms with Crippen LogP contribution in [0.4, 0.5) is 5.69 Å². The average Bonchev–Trinajstić information content (AvgIpc) is 2.87. The molecule has 132 valence electrons. The summed E-state index contributed by atoms with van der Waals surface area (Å²) in [6.07, 6.45) is 2.04. The predicted molar refractivity (Wildman–Crippen MR) is 103 cm³/mol. The molecule has 1 aromatic heterocycles. The second-order valence-electron chi connectivity index (χ2n) is 6.12. The molecule has 0 bridgehead atoms. The number of nitrogens with two attached hydrogens (primary N) is 1. The highest BCUT2D eigenvalue weighted by Crippen LogP contribution is 2.35. The van der Waals surface area contributed by atoms with Crippen LogP contribution in [0.15, 0.2) is 52.3 Å². The molecule has 0 radical (unpaired) electrons. The number of sulfone groups is 1. The van der Waals surface area contributed by atoms with E-state index in [9.17, 15) is 8.42 Å². The van der Waals surface area contributed by atoms with Crippen LogP contribution in [0.5, 0.6) is 0 Å². The highest BCUT2D eigenvalue weighted by atomic mass is 35.5. The minimum atomic E-state index is -3.70. The molecule has 25 heavy (non-hydrogen) atoms. The summed E-state index contributed by atoms with van der Waals surface area (Å²) in [6.45, 7) is 4.78. The van der Waals surface area contributed by atoms with E-state index < -0.39 is 9.84 Å². The maximum atomic E-state index is 13.3. The Morgan fingerprint density at radius 3 is 2.56 bits per heavy atom. The molecule has 0 aliphatic rings. The Morgan fingerprint density at radius 1 is 1.16 bits per heavy atom. The molecule has 0 unspecified atom stereocenters. The van der Waals surface area contributed by atoms with Crippen LogP contribution in [-0.2, 0) is 16.4 Å². The molecule has 0 saturated carbocycles. The van der Waals surface area contributed by atoms with Gasteiger partial charge in [0.2, 0.25) is 9.84 Å². The molecule has 0 spiro atoms. The van der Waals surface area contributed by atoms with Gasteiger partial charge in [-0.25, -0.2) is 8.42 Å².